The van der Waals surface area contributed by atoms with Crippen LogP contribution in [0.3, 0.4) is 0 Å². The van der Waals surface area contributed by atoms with Crippen LogP contribution in [-0.2, 0) is 15.4 Å². The maximum atomic E-state index is 13.3. The van der Waals surface area contributed by atoms with Crippen LogP contribution in [0.1, 0.15) is 58.3 Å². The minimum atomic E-state index is -3.64. The standard InChI is InChI=1S/C23H33N5O3S/c1-16(2)19-12-25-21(13-24-19)31-18-11-17-14-28(10-9-27(17)15-18)32(29,30)22-8-6-7-20(26-22)23(3,4)5/h6-8,12-13,16-18H,9-11,14-15H2,1-5H3/t17-,18-/m0/s1. The first-order valence-corrected chi connectivity index (χ1v) is 12.7. The molecular weight excluding hydrogens is 426 g/mol. The van der Waals surface area contributed by atoms with Crippen molar-refractivity contribution in [2.75, 3.05) is 26.2 Å². The zero-order chi connectivity index (χ0) is 23.1. The SMILES string of the molecule is CC(C)c1cnc(O[C@H]2C[C@H]3CN(S(=O)(=O)c4cccc(C(C)(C)C)n4)CCN3C2)cn1. The van der Waals surface area contributed by atoms with E-state index in [1.165, 1.54) is 0 Å². The fraction of sp³-hybridized carbons (Fsp3) is 0.609. The third kappa shape index (κ3) is 4.79. The van der Waals surface area contributed by atoms with E-state index in [4.69, 9.17) is 4.74 Å². The van der Waals surface area contributed by atoms with Crippen LogP contribution in [-0.4, -0.2) is 70.9 Å². The van der Waals surface area contributed by atoms with Crippen molar-refractivity contribution >= 4 is 10.0 Å². The van der Waals surface area contributed by atoms with Gasteiger partial charge in [0.15, 0.2) is 5.03 Å². The molecule has 2 saturated heterocycles. The van der Waals surface area contributed by atoms with Gasteiger partial charge in [0.2, 0.25) is 5.88 Å². The van der Waals surface area contributed by atoms with E-state index in [-0.39, 0.29) is 22.6 Å². The molecule has 9 heteroatoms. The van der Waals surface area contributed by atoms with Gasteiger partial charge in [-0.2, -0.15) is 4.31 Å². The molecule has 8 nitrogen and oxygen atoms in total. The maximum Gasteiger partial charge on any atom is 0.260 e. The van der Waals surface area contributed by atoms with Gasteiger partial charge in [0.1, 0.15) is 6.10 Å². The fourth-order valence-electron chi connectivity index (χ4n) is 4.24. The molecule has 2 aliphatic rings. The topological polar surface area (TPSA) is 88.5 Å². The van der Waals surface area contributed by atoms with Crippen molar-refractivity contribution in [3.05, 3.63) is 42.0 Å². The summed E-state index contributed by atoms with van der Waals surface area (Å²) >= 11 is 0. The molecule has 0 bridgehead atoms. The monoisotopic (exact) mass is 459 g/mol. The smallest absolute Gasteiger partial charge is 0.260 e. The Morgan fingerprint density at radius 2 is 1.88 bits per heavy atom. The molecule has 2 fully saturated rings. The van der Waals surface area contributed by atoms with Crippen molar-refractivity contribution in [2.45, 2.75) is 69.5 Å². The maximum absolute atomic E-state index is 13.3. The molecule has 0 amide bonds. The van der Waals surface area contributed by atoms with Crippen LogP contribution in [0.2, 0.25) is 0 Å². The summed E-state index contributed by atoms with van der Waals surface area (Å²) in [6.07, 6.45) is 4.17. The van der Waals surface area contributed by atoms with Crippen LogP contribution < -0.4 is 4.74 Å². The number of fused-ring (bicyclic) bond motifs is 1. The lowest BCUT2D eigenvalue weighted by Gasteiger charge is -2.36. The number of pyridine rings is 1. The Hall–Kier alpha value is -2.10. The van der Waals surface area contributed by atoms with Gasteiger partial charge in [-0.3, -0.25) is 9.88 Å². The number of ether oxygens (including phenoxy) is 1. The quantitative estimate of drug-likeness (QED) is 0.679. The lowest BCUT2D eigenvalue weighted by Crippen LogP contribution is -2.52. The Morgan fingerprint density at radius 1 is 1.09 bits per heavy atom. The summed E-state index contributed by atoms with van der Waals surface area (Å²) in [6.45, 7) is 12.6. The van der Waals surface area contributed by atoms with Gasteiger partial charge in [0.25, 0.3) is 10.0 Å². The van der Waals surface area contributed by atoms with Gasteiger partial charge in [0, 0.05) is 49.8 Å². The molecule has 0 saturated carbocycles. The van der Waals surface area contributed by atoms with Gasteiger partial charge in [-0.05, 0) is 18.1 Å². The molecule has 2 aromatic rings. The van der Waals surface area contributed by atoms with Crippen molar-refractivity contribution in [2.24, 2.45) is 0 Å². The van der Waals surface area contributed by atoms with Crippen molar-refractivity contribution in [3.63, 3.8) is 0 Å². The number of rotatable bonds is 5. The summed E-state index contributed by atoms with van der Waals surface area (Å²) in [7, 11) is -3.64. The second kappa shape index (κ2) is 8.68. The minimum absolute atomic E-state index is 0.0239. The van der Waals surface area contributed by atoms with Crippen molar-refractivity contribution in [1.29, 1.82) is 0 Å². The summed E-state index contributed by atoms with van der Waals surface area (Å²) in [5, 5.41) is 0.129. The van der Waals surface area contributed by atoms with E-state index in [1.807, 2.05) is 26.8 Å². The molecule has 0 unspecified atom stereocenters. The molecule has 0 N–H and O–H groups in total. The molecule has 2 aliphatic heterocycles. The normalized spacial score (nSPS) is 22.8. The lowest BCUT2D eigenvalue weighted by atomic mass is 9.92. The third-order valence-corrected chi connectivity index (χ3v) is 7.93. The Balaban J connectivity index is 1.42. The second-order valence-corrected chi connectivity index (χ2v) is 11.9. The van der Waals surface area contributed by atoms with Crippen LogP contribution in [0.25, 0.3) is 0 Å². The molecule has 0 radical (unpaired) electrons. The number of aromatic nitrogens is 3. The van der Waals surface area contributed by atoms with Gasteiger partial charge >= 0.3 is 0 Å². The van der Waals surface area contributed by atoms with Crippen LogP contribution in [0, 0.1) is 0 Å². The molecule has 4 heterocycles. The molecule has 174 valence electrons. The van der Waals surface area contributed by atoms with Gasteiger partial charge in [-0.1, -0.05) is 40.7 Å². The van der Waals surface area contributed by atoms with E-state index < -0.39 is 10.0 Å². The van der Waals surface area contributed by atoms with E-state index in [0.717, 1.165) is 24.4 Å². The molecule has 0 aromatic carbocycles. The van der Waals surface area contributed by atoms with Crippen molar-refractivity contribution in [3.8, 4) is 5.88 Å². The Bertz CT molecular complexity index is 1050. The Kier molecular flexibility index (Phi) is 6.26. The number of nitrogens with zero attached hydrogens (tertiary/aromatic N) is 5. The van der Waals surface area contributed by atoms with Crippen molar-refractivity contribution < 1.29 is 13.2 Å². The minimum Gasteiger partial charge on any atom is -0.472 e. The highest BCUT2D eigenvalue weighted by atomic mass is 32.2. The number of hydrogen-bond donors (Lipinski definition) is 0. The molecule has 2 atom stereocenters. The average molecular weight is 460 g/mol. The summed E-state index contributed by atoms with van der Waals surface area (Å²) < 4.78 is 34.3. The summed E-state index contributed by atoms with van der Waals surface area (Å²) in [5.41, 5.74) is 1.50. The first-order valence-electron chi connectivity index (χ1n) is 11.2. The van der Waals surface area contributed by atoms with Gasteiger partial charge in [0.05, 0.1) is 18.1 Å². The number of piperazine rings is 1. The lowest BCUT2D eigenvalue weighted by molar-refractivity contribution is 0.150. The number of hydrogen-bond acceptors (Lipinski definition) is 7. The summed E-state index contributed by atoms with van der Waals surface area (Å²) in [6, 6.07) is 5.38. The molecule has 0 aliphatic carbocycles. The van der Waals surface area contributed by atoms with E-state index in [9.17, 15) is 8.42 Å². The van der Waals surface area contributed by atoms with E-state index >= 15 is 0 Å². The van der Waals surface area contributed by atoms with Gasteiger partial charge in [-0.15, -0.1) is 0 Å². The highest BCUT2D eigenvalue weighted by Gasteiger charge is 2.41. The van der Waals surface area contributed by atoms with E-state index in [1.54, 1.807) is 28.8 Å². The average Bonchev–Trinajstić information content (AvgIpc) is 3.15. The van der Waals surface area contributed by atoms with Gasteiger partial charge < -0.3 is 4.74 Å². The van der Waals surface area contributed by atoms with Crippen molar-refractivity contribution in [1.82, 2.24) is 24.2 Å². The third-order valence-electron chi connectivity index (χ3n) is 6.16. The first-order chi connectivity index (χ1) is 15.0. The van der Waals surface area contributed by atoms with Crippen LogP contribution >= 0.6 is 0 Å². The molecule has 32 heavy (non-hydrogen) atoms. The largest absolute Gasteiger partial charge is 0.472 e. The molecule has 2 aromatic heterocycles. The predicted octanol–water partition coefficient (Wildman–Crippen LogP) is 2.82. The highest BCUT2D eigenvalue weighted by molar-refractivity contribution is 7.89. The van der Waals surface area contributed by atoms with E-state index in [0.29, 0.717) is 31.4 Å². The fourth-order valence-corrected chi connectivity index (χ4v) is 5.66. The second-order valence-electron chi connectivity index (χ2n) is 10.0. The molecule has 4 rings (SSSR count). The molecule has 0 spiro atoms. The van der Waals surface area contributed by atoms with Crippen LogP contribution in [0.5, 0.6) is 5.88 Å². The summed E-state index contributed by atoms with van der Waals surface area (Å²) in [5.74, 6) is 0.843. The van der Waals surface area contributed by atoms with Crippen LogP contribution in [0.4, 0.5) is 0 Å². The summed E-state index contributed by atoms with van der Waals surface area (Å²) in [4.78, 5) is 15.6. The number of sulfonamides is 1. The highest BCUT2D eigenvalue weighted by Crippen LogP contribution is 2.29. The van der Waals surface area contributed by atoms with Gasteiger partial charge in [-0.25, -0.2) is 18.4 Å². The zero-order valence-corrected chi connectivity index (χ0v) is 20.3. The Morgan fingerprint density at radius 3 is 2.53 bits per heavy atom. The first kappa shape index (κ1) is 23.1. The molecular formula is C23H33N5O3S. The zero-order valence-electron chi connectivity index (χ0n) is 19.5. The van der Waals surface area contributed by atoms with Crippen LogP contribution in [0.15, 0.2) is 35.6 Å². The predicted molar refractivity (Wildman–Crippen MR) is 122 cm³/mol. The van der Waals surface area contributed by atoms with E-state index in [2.05, 4.69) is 33.7 Å². The Labute approximate surface area is 191 Å².